The van der Waals surface area contributed by atoms with Gasteiger partial charge in [-0.25, -0.2) is 4.79 Å². The normalized spacial score (nSPS) is 5.14. The maximum atomic E-state index is 9.34. The first-order chi connectivity index (χ1) is 3.27. The summed E-state index contributed by atoms with van der Waals surface area (Å²) < 4.78 is 0. The van der Waals surface area contributed by atoms with E-state index in [-0.39, 0.29) is 0 Å². The third-order valence-corrected chi connectivity index (χ3v) is 0.204. The van der Waals surface area contributed by atoms with E-state index in [1.54, 1.807) is 19.8 Å². The molecule has 7 heavy (non-hydrogen) atoms. The summed E-state index contributed by atoms with van der Waals surface area (Å²) in [6.07, 6.45) is 0. The summed E-state index contributed by atoms with van der Waals surface area (Å²) in [6.45, 7) is 3.43. The Bertz CT molecular complexity index is 69.8. The lowest BCUT2D eigenvalue weighted by Gasteiger charge is -1.62. The van der Waals surface area contributed by atoms with Crippen molar-refractivity contribution in [2.45, 2.75) is 13.8 Å². The van der Waals surface area contributed by atoms with Crippen LogP contribution in [-0.4, -0.2) is 5.94 Å². The molecule has 0 aliphatic rings. The third kappa shape index (κ3) is 19.7. The summed E-state index contributed by atoms with van der Waals surface area (Å²) in [4.78, 5) is 9.34. The summed E-state index contributed by atoms with van der Waals surface area (Å²) >= 11 is 4.24. The van der Waals surface area contributed by atoms with Gasteiger partial charge in [-0.05, 0) is 13.8 Å². The molecule has 0 N–H and O–H groups in total. The van der Waals surface area contributed by atoms with Crippen LogP contribution in [0.25, 0.3) is 0 Å². The van der Waals surface area contributed by atoms with Gasteiger partial charge in [0.25, 0.3) is 0 Å². The first-order valence-corrected chi connectivity index (χ1v) is 7.88. The molecule has 0 aromatic carbocycles. The molecule has 0 aromatic heterocycles. The minimum Gasteiger partial charge on any atom is -0.234 e. The molecular weight excluding hydrogens is 318 g/mol. The molecule has 0 saturated heterocycles. The van der Waals surface area contributed by atoms with Gasteiger partial charge in [-0.15, -0.1) is 0 Å². The fourth-order valence-corrected chi connectivity index (χ4v) is 0. The van der Waals surface area contributed by atoms with Crippen molar-refractivity contribution in [2.75, 3.05) is 0 Å². The van der Waals surface area contributed by atoms with Crippen LogP contribution in [0.1, 0.15) is 13.8 Å². The summed E-state index contributed by atoms with van der Waals surface area (Å²) in [5, 5.41) is 0. The van der Waals surface area contributed by atoms with E-state index in [0.717, 1.165) is 0 Å². The predicted octanol–water partition coefficient (Wildman–Crippen LogP) is 2.56. The van der Waals surface area contributed by atoms with Crippen LogP contribution in [0.15, 0.2) is 5.57 Å². The second kappa shape index (κ2) is 10.0. The molecular formula is C4H6I2O. The van der Waals surface area contributed by atoms with Gasteiger partial charge in [-0.1, -0.05) is 0 Å². The molecule has 3 heteroatoms. The summed E-state index contributed by atoms with van der Waals surface area (Å²) in [6, 6.07) is 0. The first kappa shape index (κ1) is 10.8. The maximum absolute atomic E-state index is 9.34. The summed E-state index contributed by atoms with van der Waals surface area (Å²) in [7, 11) is 0. The lowest BCUT2D eigenvalue weighted by Crippen LogP contribution is -1.56. The van der Waals surface area contributed by atoms with Crippen molar-refractivity contribution in [2.24, 2.45) is 0 Å². The molecule has 0 atom stereocenters. The van der Waals surface area contributed by atoms with Crippen LogP contribution < -0.4 is 0 Å². The number of hydrogen-bond donors (Lipinski definition) is 0. The van der Waals surface area contributed by atoms with Crippen molar-refractivity contribution < 1.29 is 4.79 Å². The SMILES string of the molecule is CC(C)=C=O.II. The molecule has 0 aliphatic carbocycles. The Balaban J connectivity index is 0. The van der Waals surface area contributed by atoms with Gasteiger partial charge in [0.15, 0.2) is 0 Å². The molecule has 0 amide bonds. The fourth-order valence-electron chi connectivity index (χ4n) is 0. The van der Waals surface area contributed by atoms with Crippen LogP contribution in [0.5, 0.6) is 0 Å². The molecule has 0 fully saturated rings. The molecule has 0 spiro atoms. The van der Waals surface area contributed by atoms with E-state index in [4.69, 9.17) is 0 Å². The van der Waals surface area contributed by atoms with Crippen molar-refractivity contribution in [3.8, 4) is 0 Å². The van der Waals surface area contributed by atoms with Gasteiger partial charge in [0, 0.05) is 42.8 Å². The first-order valence-electron chi connectivity index (χ1n) is 1.60. The fraction of sp³-hybridized carbons (Fsp3) is 0.500. The standard InChI is InChI=1S/C4H6O.I2/c1-4(2)3-5;1-2/h1-2H3;. The summed E-state index contributed by atoms with van der Waals surface area (Å²) in [5.74, 6) is 1.69. The van der Waals surface area contributed by atoms with Gasteiger partial charge in [0.2, 0.25) is 0 Å². The Kier molecular flexibility index (Phi) is 15.5. The van der Waals surface area contributed by atoms with Crippen molar-refractivity contribution in [3.63, 3.8) is 0 Å². The maximum Gasteiger partial charge on any atom is 0.122 e. The van der Waals surface area contributed by atoms with E-state index in [9.17, 15) is 4.79 Å². The van der Waals surface area contributed by atoms with Crippen LogP contribution in [-0.2, 0) is 4.79 Å². The molecule has 0 heterocycles. The zero-order valence-electron chi connectivity index (χ0n) is 4.16. The third-order valence-electron chi connectivity index (χ3n) is 0.204. The number of allylic oxidation sites excluding steroid dienone is 1. The van der Waals surface area contributed by atoms with Crippen molar-refractivity contribution in [1.29, 1.82) is 0 Å². The minimum atomic E-state index is 0.699. The van der Waals surface area contributed by atoms with Gasteiger partial charge in [-0.2, -0.15) is 0 Å². The molecule has 0 bridgehead atoms. The topological polar surface area (TPSA) is 17.1 Å². The number of halogens is 2. The molecule has 0 radical (unpaired) electrons. The van der Waals surface area contributed by atoms with Crippen LogP contribution in [0.4, 0.5) is 0 Å². The zero-order chi connectivity index (χ0) is 6.28. The van der Waals surface area contributed by atoms with E-state index < -0.39 is 0 Å². The van der Waals surface area contributed by atoms with Crippen molar-refractivity contribution >= 4 is 43.2 Å². The van der Waals surface area contributed by atoms with E-state index in [2.05, 4.69) is 37.2 Å². The van der Waals surface area contributed by atoms with Gasteiger partial charge in [0.05, 0.1) is 0 Å². The molecule has 0 unspecified atom stereocenters. The molecule has 1 nitrogen and oxygen atoms in total. The molecule has 42 valence electrons. The molecule has 0 rings (SSSR count). The van der Waals surface area contributed by atoms with Crippen molar-refractivity contribution in [3.05, 3.63) is 5.57 Å². The highest BCUT2D eigenvalue weighted by atomic mass is 128. The van der Waals surface area contributed by atoms with E-state index in [1.807, 2.05) is 0 Å². The van der Waals surface area contributed by atoms with Crippen LogP contribution >= 0.6 is 37.2 Å². The van der Waals surface area contributed by atoms with Crippen LogP contribution in [0.3, 0.4) is 0 Å². The Morgan fingerprint density at radius 1 is 1.43 bits per heavy atom. The van der Waals surface area contributed by atoms with Gasteiger partial charge in [-0.3, -0.25) is 0 Å². The van der Waals surface area contributed by atoms with E-state index in [0.29, 0.717) is 5.57 Å². The minimum absolute atomic E-state index is 0.699. The van der Waals surface area contributed by atoms with Crippen LogP contribution in [0.2, 0.25) is 0 Å². The average molecular weight is 324 g/mol. The Morgan fingerprint density at radius 3 is 1.57 bits per heavy atom. The van der Waals surface area contributed by atoms with Crippen molar-refractivity contribution in [1.82, 2.24) is 0 Å². The zero-order valence-corrected chi connectivity index (χ0v) is 8.48. The highest BCUT2D eigenvalue weighted by molar-refractivity contribution is 15.0. The summed E-state index contributed by atoms with van der Waals surface area (Å²) in [5.41, 5.74) is 0.699. The monoisotopic (exact) mass is 324 g/mol. The Morgan fingerprint density at radius 2 is 1.57 bits per heavy atom. The van der Waals surface area contributed by atoms with Crippen LogP contribution in [0, 0.1) is 0 Å². The van der Waals surface area contributed by atoms with Gasteiger partial charge >= 0.3 is 0 Å². The van der Waals surface area contributed by atoms with E-state index in [1.165, 1.54) is 0 Å². The molecule has 0 aliphatic heterocycles. The number of carbonyl (C=O) groups excluding carboxylic acids is 1. The Labute approximate surface area is 66.9 Å². The highest BCUT2D eigenvalue weighted by Gasteiger charge is 1.62. The molecule has 0 saturated carbocycles. The Hall–Kier alpha value is 0.910. The smallest absolute Gasteiger partial charge is 0.122 e. The second-order valence-corrected chi connectivity index (χ2v) is 1.10. The quantitative estimate of drug-likeness (QED) is 0.494. The lowest BCUT2D eigenvalue weighted by atomic mass is 10.4. The number of rotatable bonds is 0. The number of hydrogen-bond acceptors (Lipinski definition) is 1. The lowest BCUT2D eigenvalue weighted by molar-refractivity contribution is 0.567. The van der Waals surface area contributed by atoms with Gasteiger partial charge in [0.1, 0.15) is 5.94 Å². The highest BCUT2D eigenvalue weighted by Crippen LogP contribution is 1.89. The molecule has 0 aromatic rings. The largest absolute Gasteiger partial charge is 0.234 e. The van der Waals surface area contributed by atoms with Gasteiger partial charge < -0.3 is 0 Å². The predicted molar refractivity (Wildman–Crippen MR) is 48.6 cm³/mol. The average Bonchev–Trinajstić information content (AvgIpc) is 1.73. The second-order valence-electron chi connectivity index (χ2n) is 1.10. The van der Waals surface area contributed by atoms with E-state index >= 15 is 0 Å².